The largest absolute Gasteiger partial charge is 0.423 e. The van der Waals surface area contributed by atoms with Gasteiger partial charge in [0.1, 0.15) is 5.56 Å². The summed E-state index contributed by atoms with van der Waals surface area (Å²) in [5.41, 5.74) is -2.39. The van der Waals surface area contributed by atoms with Crippen molar-refractivity contribution in [1.82, 2.24) is 0 Å². The molecule has 0 atom stereocenters. The highest BCUT2D eigenvalue weighted by Gasteiger charge is 2.38. The lowest BCUT2D eigenvalue weighted by molar-refractivity contribution is -0.388. The minimum Gasteiger partial charge on any atom is -0.258 e. The topological polar surface area (TPSA) is 43.1 Å². The van der Waals surface area contributed by atoms with Crippen molar-refractivity contribution in [3.8, 4) is 0 Å². The fraction of sp³-hybridized carbons (Fsp3) is 0.143. The van der Waals surface area contributed by atoms with E-state index in [4.69, 9.17) is 11.6 Å². The van der Waals surface area contributed by atoms with Gasteiger partial charge >= 0.3 is 6.18 Å². The summed E-state index contributed by atoms with van der Waals surface area (Å²) in [4.78, 5) is 9.27. The van der Waals surface area contributed by atoms with Crippen LogP contribution in [0.4, 0.5) is 18.9 Å². The summed E-state index contributed by atoms with van der Waals surface area (Å²) in [6.07, 6.45) is -4.80. The highest BCUT2D eigenvalue weighted by atomic mass is 79.9. The molecule has 0 aliphatic carbocycles. The van der Waals surface area contributed by atoms with Gasteiger partial charge in [-0.25, -0.2) is 0 Å². The lowest BCUT2D eigenvalue weighted by atomic mass is 10.2. The number of nitrogens with zero attached hydrogens (tertiary/aromatic N) is 1. The average Bonchev–Trinajstić information content (AvgIpc) is 2.06. The number of rotatable bonds is 1. The van der Waals surface area contributed by atoms with Crippen molar-refractivity contribution in [3.05, 3.63) is 37.3 Å². The normalized spacial score (nSPS) is 11.5. The molecule has 1 aromatic carbocycles. The Morgan fingerprint density at radius 1 is 1.40 bits per heavy atom. The van der Waals surface area contributed by atoms with E-state index in [9.17, 15) is 23.3 Å². The highest BCUT2D eigenvalue weighted by Crippen LogP contribution is 2.40. The zero-order chi connectivity index (χ0) is 11.8. The second kappa shape index (κ2) is 3.97. The van der Waals surface area contributed by atoms with Gasteiger partial charge in [-0.3, -0.25) is 10.1 Å². The Kier molecular flexibility index (Phi) is 3.25. The molecular formula is C7H2BrClF3NO2. The molecule has 0 aliphatic heterocycles. The van der Waals surface area contributed by atoms with Crippen LogP contribution >= 0.6 is 27.5 Å². The van der Waals surface area contributed by atoms with E-state index in [-0.39, 0.29) is 9.50 Å². The number of hydrogen-bond acceptors (Lipinski definition) is 2. The van der Waals surface area contributed by atoms with Crippen LogP contribution in [-0.2, 0) is 6.18 Å². The summed E-state index contributed by atoms with van der Waals surface area (Å²) in [5.74, 6) is 0. The predicted octanol–water partition coefficient (Wildman–Crippen LogP) is 4.03. The number of benzene rings is 1. The molecule has 3 nitrogen and oxygen atoms in total. The predicted molar refractivity (Wildman–Crippen MR) is 50.8 cm³/mol. The molecule has 0 radical (unpaired) electrons. The number of nitro groups is 1. The Balaban J connectivity index is 3.49. The van der Waals surface area contributed by atoms with Gasteiger partial charge in [-0.15, -0.1) is 0 Å². The third-order valence-corrected chi connectivity index (χ3v) is 2.74. The molecule has 0 aromatic heterocycles. The zero-order valence-electron chi connectivity index (χ0n) is 6.81. The maximum absolute atomic E-state index is 12.3. The third-order valence-electron chi connectivity index (χ3n) is 1.54. The van der Waals surface area contributed by atoms with Crippen LogP contribution in [0.5, 0.6) is 0 Å². The van der Waals surface area contributed by atoms with Crippen LogP contribution in [-0.4, -0.2) is 4.92 Å². The summed E-state index contributed by atoms with van der Waals surface area (Å²) in [5, 5.41) is 10.1. The van der Waals surface area contributed by atoms with E-state index in [1.807, 2.05) is 0 Å². The van der Waals surface area contributed by atoms with Crippen molar-refractivity contribution in [1.29, 1.82) is 0 Å². The van der Waals surface area contributed by atoms with E-state index in [1.165, 1.54) is 0 Å². The second-order valence-electron chi connectivity index (χ2n) is 2.54. The lowest BCUT2D eigenvalue weighted by Crippen LogP contribution is -2.08. The second-order valence-corrected chi connectivity index (χ2v) is 3.80. The number of alkyl halides is 3. The van der Waals surface area contributed by atoms with E-state index < -0.39 is 22.4 Å². The first-order valence-electron chi connectivity index (χ1n) is 3.44. The van der Waals surface area contributed by atoms with Gasteiger partial charge in [-0.2, -0.15) is 13.2 Å². The van der Waals surface area contributed by atoms with Crippen LogP contribution in [0.3, 0.4) is 0 Å². The van der Waals surface area contributed by atoms with Crippen molar-refractivity contribution in [3.63, 3.8) is 0 Å². The molecule has 8 heteroatoms. The molecule has 82 valence electrons. The molecule has 1 aromatic rings. The molecule has 0 fully saturated rings. The van der Waals surface area contributed by atoms with Crippen LogP contribution in [0.1, 0.15) is 5.56 Å². The molecule has 0 amide bonds. The standard InChI is InChI=1S/C7H2BrClF3NO2/c8-4-2-6(13(14)15)3(1-5(4)9)7(10,11)12/h1-2H. The van der Waals surface area contributed by atoms with Crippen LogP contribution in [0.2, 0.25) is 5.02 Å². The zero-order valence-corrected chi connectivity index (χ0v) is 9.15. The van der Waals surface area contributed by atoms with Gasteiger partial charge in [0.25, 0.3) is 5.69 Å². The molecular weight excluding hydrogens is 302 g/mol. The quantitative estimate of drug-likeness (QED) is 0.581. The molecule has 0 saturated carbocycles. The Morgan fingerprint density at radius 2 is 1.93 bits per heavy atom. The van der Waals surface area contributed by atoms with Crippen molar-refractivity contribution in [2.24, 2.45) is 0 Å². The third kappa shape index (κ3) is 2.60. The molecule has 0 aliphatic rings. The number of nitro benzene ring substituents is 1. The summed E-state index contributed by atoms with van der Waals surface area (Å²) in [7, 11) is 0. The van der Waals surface area contributed by atoms with Crippen molar-refractivity contribution in [2.75, 3.05) is 0 Å². The fourth-order valence-corrected chi connectivity index (χ4v) is 1.41. The summed E-state index contributed by atoms with van der Waals surface area (Å²) < 4.78 is 37.1. The highest BCUT2D eigenvalue weighted by molar-refractivity contribution is 9.10. The van der Waals surface area contributed by atoms with Crippen LogP contribution in [0.25, 0.3) is 0 Å². The van der Waals surface area contributed by atoms with Gasteiger partial charge in [0.2, 0.25) is 0 Å². The molecule has 0 saturated heterocycles. The Morgan fingerprint density at radius 3 is 2.33 bits per heavy atom. The molecule has 0 heterocycles. The van der Waals surface area contributed by atoms with E-state index in [0.717, 1.165) is 6.07 Å². The van der Waals surface area contributed by atoms with Crippen molar-refractivity contribution < 1.29 is 18.1 Å². The Hall–Kier alpha value is -0.820. The lowest BCUT2D eigenvalue weighted by Gasteiger charge is -2.08. The van der Waals surface area contributed by atoms with E-state index in [2.05, 4.69) is 15.9 Å². The van der Waals surface area contributed by atoms with Crippen LogP contribution in [0, 0.1) is 10.1 Å². The van der Waals surface area contributed by atoms with Gasteiger partial charge in [-0.1, -0.05) is 11.6 Å². The van der Waals surface area contributed by atoms with Gasteiger partial charge in [0, 0.05) is 10.5 Å². The van der Waals surface area contributed by atoms with Gasteiger partial charge < -0.3 is 0 Å². The fourth-order valence-electron chi connectivity index (χ4n) is 0.914. The first-order valence-corrected chi connectivity index (χ1v) is 4.61. The SMILES string of the molecule is O=[N+]([O-])c1cc(Br)c(Cl)cc1C(F)(F)F. The maximum Gasteiger partial charge on any atom is 0.423 e. The summed E-state index contributed by atoms with van der Waals surface area (Å²) in [6.45, 7) is 0. The van der Waals surface area contributed by atoms with E-state index in [0.29, 0.717) is 6.07 Å². The first kappa shape index (κ1) is 12.3. The number of hydrogen-bond donors (Lipinski definition) is 0. The molecule has 0 bridgehead atoms. The van der Waals surface area contributed by atoms with Crippen molar-refractivity contribution >= 4 is 33.2 Å². The molecule has 15 heavy (non-hydrogen) atoms. The van der Waals surface area contributed by atoms with Crippen molar-refractivity contribution in [2.45, 2.75) is 6.18 Å². The van der Waals surface area contributed by atoms with Gasteiger partial charge in [0.05, 0.1) is 9.95 Å². The Labute approximate surface area is 95.1 Å². The summed E-state index contributed by atoms with van der Waals surface area (Å²) in [6, 6.07) is 1.24. The average molecular weight is 304 g/mol. The Bertz CT molecular complexity index is 421. The van der Waals surface area contributed by atoms with Gasteiger partial charge in [0.15, 0.2) is 0 Å². The van der Waals surface area contributed by atoms with Gasteiger partial charge in [-0.05, 0) is 22.0 Å². The van der Waals surface area contributed by atoms with E-state index >= 15 is 0 Å². The number of halogens is 5. The smallest absolute Gasteiger partial charge is 0.258 e. The van der Waals surface area contributed by atoms with E-state index in [1.54, 1.807) is 0 Å². The monoisotopic (exact) mass is 303 g/mol. The first-order chi connectivity index (χ1) is 6.73. The molecule has 0 unspecified atom stereocenters. The van der Waals surface area contributed by atoms with Crippen LogP contribution in [0.15, 0.2) is 16.6 Å². The maximum atomic E-state index is 12.3. The minimum absolute atomic E-state index is 0.0452. The molecule has 0 spiro atoms. The molecule has 0 N–H and O–H groups in total. The summed E-state index contributed by atoms with van der Waals surface area (Å²) >= 11 is 8.24. The minimum atomic E-state index is -4.80. The molecule has 1 rings (SSSR count). The van der Waals surface area contributed by atoms with Crippen LogP contribution < -0.4 is 0 Å².